The monoisotopic (exact) mass is 1330 g/mol. The summed E-state index contributed by atoms with van der Waals surface area (Å²) >= 11 is 6.50. The van der Waals surface area contributed by atoms with Crippen molar-refractivity contribution in [2.24, 2.45) is 16.7 Å². The number of amides is 5. The van der Waals surface area contributed by atoms with Crippen LogP contribution in [0.2, 0.25) is 21.6 Å². The predicted octanol–water partition coefficient (Wildman–Crippen LogP) is 13.9. The SMILES string of the molecule is COCOc1cc(-c2ccc3c(N4CC5CCC(C4)N5C(=O)OC(C)(C)C)nc(OCC4(CN5CCN(CC6CCC7(CC6)CCN(C(=O)c6ccc(Cl)c(N8CCC(=O)NC8=O)c6)CC7)CC5)CC4)nc3c2F)c2c(C#C[Si](C(C)C)(C(C)C)C(C)C)c(F)ccc2c1. The lowest BCUT2D eigenvalue weighted by molar-refractivity contribution is -0.120. The summed E-state index contributed by atoms with van der Waals surface area (Å²) < 4.78 is 59.1. The number of piperidine rings is 1. The number of urea groups is 1. The van der Waals surface area contributed by atoms with Crippen molar-refractivity contribution in [2.75, 3.05) is 102 Å². The van der Waals surface area contributed by atoms with Gasteiger partial charge in [0.2, 0.25) is 5.91 Å². The van der Waals surface area contributed by atoms with Crippen LogP contribution in [0.5, 0.6) is 11.8 Å². The van der Waals surface area contributed by atoms with Gasteiger partial charge in [-0.3, -0.25) is 24.7 Å². The van der Waals surface area contributed by atoms with Crippen molar-refractivity contribution >= 4 is 76.8 Å². The summed E-state index contributed by atoms with van der Waals surface area (Å²) in [5.74, 6) is 3.53. The van der Waals surface area contributed by atoms with Gasteiger partial charge in [-0.25, -0.2) is 18.4 Å². The topological polar surface area (TPSA) is 162 Å². The number of imide groups is 1. The Hall–Kier alpha value is -6.63. The molecule has 6 heterocycles. The van der Waals surface area contributed by atoms with Crippen molar-refractivity contribution in [2.45, 2.75) is 167 Å². The number of fused-ring (bicyclic) bond motifs is 4. The number of anilines is 2. The number of aromatic nitrogens is 2. The van der Waals surface area contributed by atoms with Gasteiger partial charge >= 0.3 is 18.1 Å². The summed E-state index contributed by atoms with van der Waals surface area (Å²) in [6.07, 6.45) is 10.1. The lowest BCUT2D eigenvalue weighted by atomic mass is 9.65. The largest absolute Gasteiger partial charge is 0.468 e. The molecule has 5 amide bonds. The number of halogens is 3. The minimum Gasteiger partial charge on any atom is -0.468 e. The van der Waals surface area contributed by atoms with Crippen molar-refractivity contribution in [3.05, 3.63) is 82.4 Å². The molecule has 1 spiro atoms. The van der Waals surface area contributed by atoms with E-state index in [9.17, 15) is 19.2 Å². The highest BCUT2D eigenvalue weighted by Gasteiger charge is 2.48. The highest BCUT2D eigenvalue weighted by Crippen LogP contribution is 2.50. The molecule has 4 aromatic carbocycles. The second kappa shape index (κ2) is 27.1. The van der Waals surface area contributed by atoms with E-state index in [1.165, 1.54) is 43.8 Å². The van der Waals surface area contributed by atoms with Crippen molar-refractivity contribution < 1.29 is 46.9 Å². The average Bonchev–Trinajstić information content (AvgIpc) is 1.11. The molecule has 0 radical (unpaired) electrons. The molecular weight excluding hydrogens is 1230 g/mol. The standard InChI is InChI=1S/C73H94ClF2N9O8Si/c1-46(2)94(47(3)4,48(5)6)36-22-56-60(75)18-12-50-37-54(92-45-90-10)39-58(63(50)56)55-15-16-57-65(64(55)76)78-68(79-66(57)83-41-52-13-14-53(42-83)85(52)70(89)93-71(7,8)9)91-44-73(25-26-73)43-81-34-32-80(33-35-81)40-49-19-23-72(24-20-49)27-30-82(31-28-72)67(87)51-11-17-59(74)61(38-51)84-29-21-62(86)77-69(84)88/h11-12,15-18,37-39,46-49,52-53H,13-14,19-21,23-35,40-45H2,1-10H3,(H,77,86,88). The number of hydrogen-bond acceptors (Lipinski definition) is 13. The van der Waals surface area contributed by atoms with E-state index in [1.807, 2.05) is 42.7 Å². The van der Waals surface area contributed by atoms with Crippen LogP contribution in [0.3, 0.4) is 0 Å². The van der Waals surface area contributed by atoms with Gasteiger partial charge in [0.1, 0.15) is 36.6 Å². The molecule has 2 saturated carbocycles. The summed E-state index contributed by atoms with van der Waals surface area (Å²) in [5.41, 5.74) is 5.98. The van der Waals surface area contributed by atoms with E-state index < -0.39 is 31.3 Å². The highest BCUT2D eigenvalue weighted by atomic mass is 35.5. The summed E-state index contributed by atoms with van der Waals surface area (Å²) in [4.78, 5) is 74.7. The number of nitrogens with zero attached hydrogens (tertiary/aromatic N) is 8. The molecule has 504 valence electrons. The molecule has 94 heavy (non-hydrogen) atoms. The maximum absolute atomic E-state index is 18.4. The molecule has 2 aliphatic carbocycles. The maximum Gasteiger partial charge on any atom is 0.410 e. The lowest BCUT2D eigenvalue weighted by Gasteiger charge is -2.47. The summed E-state index contributed by atoms with van der Waals surface area (Å²) in [6.45, 7) is 27.7. The fourth-order valence-electron chi connectivity index (χ4n) is 16.6. The number of carbonyl (C=O) groups is 4. The zero-order valence-corrected chi connectivity index (χ0v) is 58.4. The number of ether oxygens (including phenoxy) is 4. The van der Waals surface area contributed by atoms with Crippen molar-refractivity contribution in [3.8, 4) is 34.4 Å². The Morgan fingerprint density at radius 3 is 2.11 bits per heavy atom. The van der Waals surface area contributed by atoms with Crippen LogP contribution < -0.4 is 24.6 Å². The number of benzene rings is 4. The van der Waals surface area contributed by atoms with Gasteiger partial charge in [0, 0.05) is 113 Å². The van der Waals surface area contributed by atoms with Crippen molar-refractivity contribution in [3.63, 3.8) is 0 Å². The third-order valence-electron chi connectivity index (χ3n) is 21.9. The average molecular weight is 1330 g/mol. The number of carbonyl (C=O) groups excluding carboxylic acids is 4. The molecule has 2 unspecified atom stereocenters. The number of rotatable bonds is 17. The van der Waals surface area contributed by atoms with E-state index in [4.69, 9.17) is 40.5 Å². The van der Waals surface area contributed by atoms with Crippen LogP contribution in [0.25, 0.3) is 32.8 Å². The molecule has 17 nitrogen and oxygen atoms in total. The van der Waals surface area contributed by atoms with Gasteiger partial charge in [0.25, 0.3) is 5.91 Å². The predicted molar refractivity (Wildman–Crippen MR) is 366 cm³/mol. The van der Waals surface area contributed by atoms with Gasteiger partial charge in [0.15, 0.2) is 12.6 Å². The van der Waals surface area contributed by atoms with Gasteiger partial charge in [-0.15, -0.1) is 5.54 Å². The molecule has 12 rings (SSSR count). The molecule has 7 fully saturated rings. The van der Waals surface area contributed by atoms with Crippen LogP contribution in [-0.4, -0.2) is 172 Å². The second-order valence-corrected chi connectivity index (χ2v) is 36.0. The quantitative estimate of drug-likeness (QED) is 0.0532. The van der Waals surface area contributed by atoms with E-state index in [0.29, 0.717) is 105 Å². The number of piperazine rings is 2. The van der Waals surface area contributed by atoms with Gasteiger partial charge < -0.3 is 38.5 Å². The van der Waals surface area contributed by atoms with Gasteiger partial charge in [-0.05, 0) is 166 Å². The number of methoxy groups -OCH3 is 1. The molecular formula is C73H94ClF2N9O8Si. The van der Waals surface area contributed by atoms with Crippen molar-refractivity contribution in [1.82, 2.24) is 34.9 Å². The van der Waals surface area contributed by atoms with Crippen LogP contribution in [-0.2, 0) is 14.3 Å². The molecule has 5 aliphatic heterocycles. The first-order valence-corrected chi connectivity index (χ1v) is 36.9. The Morgan fingerprint density at radius 2 is 1.47 bits per heavy atom. The van der Waals surface area contributed by atoms with Gasteiger partial charge in [-0.2, -0.15) is 9.97 Å². The minimum absolute atomic E-state index is 0.0486. The molecule has 5 aromatic rings. The second-order valence-electron chi connectivity index (χ2n) is 30.0. The lowest BCUT2D eigenvalue weighted by Crippen LogP contribution is -2.57. The first kappa shape index (κ1) is 67.4. The fraction of sp³-hybridized carbons (Fsp3) is 0.589. The molecule has 2 atom stereocenters. The van der Waals surface area contributed by atoms with Crippen LogP contribution >= 0.6 is 11.6 Å². The molecule has 1 aromatic heterocycles. The zero-order chi connectivity index (χ0) is 66.6. The van der Waals surface area contributed by atoms with Crippen LogP contribution in [0.1, 0.15) is 149 Å². The molecule has 7 aliphatic rings. The summed E-state index contributed by atoms with van der Waals surface area (Å²) in [6, 6.07) is 14.6. The van der Waals surface area contributed by atoms with Gasteiger partial charge in [0.05, 0.1) is 35.0 Å². The molecule has 5 saturated heterocycles. The highest BCUT2D eigenvalue weighted by molar-refractivity contribution is 6.90. The first-order chi connectivity index (χ1) is 44.9. The normalized spacial score (nSPS) is 21.2. The van der Waals surface area contributed by atoms with Crippen LogP contribution in [0, 0.1) is 39.8 Å². The van der Waals surface area contributed by atoms with E-state index in [0.717, 1.165) is 77.8 Å². The van der Waals surface area contributed by atoms with E-state index >= 15 is 8.78 Å². The number of likely N-dealkylation sites (tertiary alicyclic amines) is 1. The number of nitrogens with one attached hydrogen (secondary N) is 1. The molecule has 21 heteroatoms. The molecule has 1 N–H and O–H groups in total. The Morgan fingerprint density at radius 1 is 0.787 bits per heavy atom. The van der Waals surface area contributed by atoms with Crippen LogP contribution in [0.4, 0.5) is 29.9 Å². The smallest absolute Gasteiger partial charge is 0.410 e. The van der Waals surface area contributed by atoms with E-state index in [1.54, 1.807) is 36.4 Å². The van der Waals surface area contributed by atoms with Crippen LogP contribution in [0.15, 0.2) is 54.6 Å². The zero-order valence-electron chi connectivity index (χ0n) is 56.6. The number of hydrogen-bond donors (Lipinski definition) is 1. The van der Waals surface area contributed by atoms with Crippen molar-refractivity contribution in [1.29, 1.82) is 0 Å². The Labute approximate surface area is 558 Å². The van der Waals surface area contributed by atoms with Gasteiger partial charge in [-0.1, -0.05) is 71.2 Å². The van der Waals surface area contributed by atoms with E-state index in [2.05, 4.69) is 73.0 Å². The third-order valence-corrected chi connectivity index (χ3v) is 28.5. The Kier molecular flexibility index (Phi) is 19.4. The fourth-order valence-corrected chi connectivity index (χ4v) is 22.0. The molecule has 2 bridgehead atoms. The van der Waals surface area contributed by atoms with E-state index in [-0.39, 0.29) is 83.2 Å². The Bertz CT molecular complexity index is 3730. The Balaban J connectivity index is 0.737. The minimum atomic E-state index is -2.34. The third kappa shape index (κ3) is 13.9. The summed E-state index contributed by atoms with van der Waals surface area (Å²) in [5, 5.41) is 4.33. The maximum atomic E-state index is 18.4. The first-order valence-electron chi connectivity index (χ1n) is 34.3. The summed E-state index contributed by atoms with van der Waals surface area (Å²) in [7, 11) is -0.805.